The predicted octanol–water partition coefficient (Wildman–Crippen LogP) is 5.28. The van der Waals surface area contributed by atoms with E-state index in [4.69, 9.17) is 11.6 Å². The van der Waals surface area contributed by atoms with Crippen LogP contribution >= 0.6 is 22.9 Å². The lowest BCUT2D eigenvalue weighted by atomic mass is 9.80. The van der Waals surface area contributed by atoms with E-state index in [2.05, 4.69) is 27.0 Å². The van der Waals surface area contributed by atoms with Gasteiger partial charge in [0.05, 0.1) is 33.8 Å². The predicted molar refractivity (Wildman–Crippen MR) is 145 cm³/mol. The molecule has 0 bridgehead atoms. The number of carbonyl (C=O) groups is 2. The molecule has 0 atom stereocenters. The van der Waals surface area contributed by atoms with Crippen molar-refractivity contribution in [1.29, 1.82) is 5.26 Å². The lowest BCUT2D eigenvalue weighted by Gasteiger charge is -2.32. The molecule has 1 aromatic carbocycles. The Hall–Kier alpha value is -3.51. The molecular formula is C28H24ClN5O2S. The molecular weight excluding hydrogens is 506 g/mol. The lowest BCUT2D eigenvalue weighted by Crippen LogP contribution is -2.38. The number of thiophene rings is 1. The molecule has 1 saturated heterocycles. The van der Waals surface area contributed by atoms with E-state index in [-0.39, 0.29) is 18.4 Å². The van der Waals surface area contributed by atoms with Crippen LogP contribution in [0.4, 0.5) is 0 Å². The second-order valence-electron chi connectivity index (χ2n) is 9.82. The molecule has 6 rings (SSSR count). The minimum absolute atomic E-state index is 0.214. The highest BCUT2D eigenvalue weighted by molar-refractivity contribution is 7.19. The van der Waals surface area contributed by atoms with E-state index in [1.165, 1.54) is 22.3 Å². The SMILES string of the molecule is CC1=CC(=O)N(Cc2cc3nccc(-c4cc(Cl)cc5ccn(CC6(C#N)CCNCC6)c45)c3s2)C1=O. The molecule has 1 N–H and O–H groups in total. The third kappa shape index (κ3) is 4.13. The number of amides is 2. The molecule has 0 radical (unpaired) electrons. The van der Waals surface area contributed by atoms with E-state index in [1.54, 1.807) is 13.1 Å². The number of nitrogens with zero attached hydrogens (tertiary/aromatic N) is 4. The van der Waals surface area contributed by atoms with E-state index in [1.807, 2.05) is 30.5 Å². The number of pyridine rings is 1. The Morgan fingerprint density at radius 2 is 2.00 bits per heavy atom. The Morgan fingerprint density at radius 3 is 2.73 bits per heavy atom. The maximum Gasteiger partial charge on any atom is 0.256 e. The Bertz CT molecular complexity index is 1650. The highest BCUT2D eigenvalue weighted by atomic mass is 35.5. The van der Waals surface area contributed by atoms with E-state index in [0.717, 1.165) is 63.1 Å². The summed E-state index contributed by atoms with van der Waals surface area (Å²) in [5, 5.41) is 15.1. The first-order chi connectivity index (χ1) is 17.9. The molecule has 37 heavy (non-hydrogen) atoms. The van der Waals surface area contributed by atoms with Crippen molar-refractivity contribution in [2.45, 2.75) is 32.9 Å². The third-order valence-corrected chi connectivity index (χ3v) is 8.71. The van der Waals surface area contributed by atoms with Crippen molar-refractivity contribution in [3.8, 4) is 17.2 Å². The van der Waals surface area contributed by atoms with Crippen LogP contribution in [0.15, 0.2) is 54.4 Å². The fourth-order valence-corrected chi connectivity index (χ4v) is 6.76. The molecule has 5 heterocycles. The molecule has 0 spiro atoms. The van der Waals surface area contributed by atoms with E-state index < -0.39 is 5.41 Å². The quantitative estimate of drug-likeness (QED) is 0.355. The van der Waals surface area contributed by atoms with Gasteiger partial charge >= 0.3 is 0 Å². The van der Waals surface area contributed by atoms with Crippen molar-refractivity contribution >= 4 is 55.9 Å². The Balaban J connectivity index is 1.44. The minimum atomic E-state index is -0.418. The van der Waals surface area contributed by atoms with E-state index in [0.29, 0.717) is 17.1 Å². The van der Waals surface area contributed by atoms with Gasteiger partial charge in [0.2, 0.25) is 0 Å². The molecule has 0 unspecified atom stereocenters. The Kier molecular flexibility index (Phi) is 5.87. The number of nitriles is 1. The summed E-state index contributed by atoms with van der Waals surface area (Å²) in [4.78, 5) is 31.4. The van der Waals surface area contributed by atoms with Crippen LogP contribution in [0.2, 0.25) is 5.02 Å². The fraction of sp³-hybridized carbons (Fsp3) is 0.286. The van der Waals surface area contributed by atoms with Crippen molar-refractivity contribution < 1.29 is 9.59 Å². The van der Waals surface area contributed by atoms with Gasteiger partial charge in [-0.2, -0.15) is 5.26 Å². The standard InChI is InChI=1S/C28H24ClN5O2S/c1-17-10-24(35)34(27(17)36)14-20-13-23-26(37-20)21(2-6-32-23)22-12-19(29)11-18-3-9-33(25(18)22)16-28(15-30)4-7-31-8-5-28/h2-3,6,9-13,31H,4-5,7-8,14,16H2,1H3. The van der Waals surface area contributed by atoms with Crippen LogP contribution in [0.3, 0.4) is 0 Å². The first-order valence-electron chi connectivity index (χ1n) is 12.2. The van der Waals surface area contributed by atoms with Gasteiger partial charge in [-0.3, -0.25) is 19.5 Å². The monoisotopic (exact) mass is 529 g/mol. The van der Waals surface area contributed by atoms with Crippen LogP contribution in [0.1, 0.15) is 24.6 Å². The molecule has 1 fully saturated rings. The number of aromatic nitrogens is 2. The minimum Gasteiger partial charge on any atom is -0.345 e. The maximum absolute atomic E-state index is 12.4. The Morgan fingerprint density at radius 1 is 1.19 bits per heavy atom. The van der Waals surface area contributed by atoms with Crippen LogP contribution in [-0.2, 0) is 22.7 Å². The van der Waals surface area contributed by atoms with E-state index >= 15 is 0 Å². The smallest absolute Gasteiger partial charge is 0.256 e. The van der Waals surface area contributed by atoms with Crippen molar-refractivity contribution in [2.75, 3.05) is 13.1 Å². The molecule has 2 aliphatic rings. The zero-order valence-corrected chi connectivity index (χ0v) is 21.8. The normalized spacial score (nSPS) is 17.5. The second kappa shape index (κ2) is 9.10. The molecule has 186 valence electrons. The number of imide groups is 1. The lowest BCUT2D eigenvalue weighted by molar-refractivity contribution is -0.137. The number of fused-ring (bicyclic) bond motifs is 2. The fourth-order valence-electron chi connectivity index (χ4n) is 5.41. The molecule has 2 amide bonds. The Labute approximate surface area is 223 Å². The van der Waals surface area contributed by atoms with Gasteiger partial charge in [-0.1, -0.05) is 11.6 Å². The summed E-state index contributed by atoms with van der Waals surface area (Å²) in [5.74, 6) is -0.541. The average Bonchev–Trinajstić information content (AvgIpc) is 3.56. The number of halogens is 1. The molecule has 0 saturated carbocycles. The largest absolute Gasteiger partial charge is 0.345 e. The topological polar surface area (TPSA) is 91.0 Å². The molecule has 0 aliphatic carbocycles. The highest BCUT2D eigenvalue weighted by Gasteiger charge is 2.33. The highest BCUT2D eigenvalue weighted by Crippen LogP contribution is 2.41. The van der Waals surface area contributed by atoms with Crippen LogP contribution < -0.4 is 5.32 Å². The van der Waals surface area contributed by atoms with Crippen molar-refractivity contribution in [3.63, 3.8) is 0 Å². The second-order valence-corrected chi connectivity index (χ2v) is 11.4. The summed E-state index contributed by atoms with van der Waals surface area (Å²) in [5.41, 5.74) is 3.83. The van der Waals surface area contributed by atoms with Crippen LogP contribution in [-0.4, -0.2) is 39.4 Å². The van der Waals surface area contributed by atoms with Crippen LogP contribution in [0.25, 0.3) is 32.2 Å². The number of hydrogen-bond acceptors (Lipinski definition) is 6. The number of rotatable bonds is 5. The average molecular weight is 530 g/mol. The van der Waals surface area contributed by atoms with Gasteiger partial charge in [-0.05, 0) is 63.2 Å². The van der Waals surface area contributed by atoms with Gasteiger partial charge in [0.25, 0.3) is 11.8 Å². The molecule has 2 aliphatic heterocycles. The number of benzene rings is 1. The number of carbonyl (C=O) groups excluding carboxylic acids is 2. The summed E-state index contributed by atoms with van der Waals surface area (Å²) in [7, 11) is 0. The van der Waals surface area contributed by atoms with Crippen molar-refractivity contribution in [2.24, 2.45) is 5.41 Å². The molecule has 4 aromatic rings. The van der Waals surface area contributed by atoms with Crippen molar-refractivity contribution in [1.82, 2.24) is 19.8 Å². The summed E-state index contributed by atoms with van der Waals surface area (Å²) >= 11 is 8.10. The van der Waals surface area contributed by atoms with Gasteiger partial charge in [0.15, 0.2) is 0 Å². The summed E-state index contributed by atoms with van der Waals surface area (Å²) < 4.78 is 3.15. The number of hydrogen-bond donors (Lipinski definition) is 1. The van der Waals surface area contributed by atoms with Gasteiger partial charge in [0, 0.05) is 57.0 Å². The summed E-state index contributed by atoms with van der Waals surface area (Å²) in [6.07, 6.45) is 6.82. The first-order valence-corrected chi connectivity index (χ1v) is 13.4. The van der Waals surface area contributed by atoms with Gasteiger partial charge in [-0.25, -0.2) is 0 Å². The summed E-state index contributed by atoms with van der Waals surface area (Å²) in [6.45, 7) is 4.16. The molecule has 3 aromatic heterocycles. The zero-order valence-electron chi connectivity index (χ0n) is 20.3. The molecule has 9 heteroatoms. The summed E-state index contributed by atoms with van der Waals surface area (Å²) in [6, 6.07) is 12.5. The van der Waals surface area contributed by atoms with Gasteiger partial charge < -0.3 is 9.88 Å². The number of piperidine rings is 1. The van der Waals surface area contributed by atoms with Crippen molar-refractivity contribution in [3.05, 3.63) is 64.3 Å². The number of nitrogens with one attached hydrogen (secondary N) is 1. The van der Waals surface area contributed by atoms with Crippen LogP contribution in [0, 0.1) is 16.7 Å². The molecule has 7 nitrogen and oxygen atoms in total. The zero-order chi connectivity index (χ0) is 25.7. The van der Waals surface area contributed by atoms with Crippen LogP contribution in [0.5, 0.6) is 0 Å². The van der Waals surface area contributed by atoms with Gasteiger partial charge in [-0.15, -0.1) is 11.3 Å². The maximum atomic E-state index is 12.4. The van der Waals surface area contributed by atoms with E-state index in [9.17, 15) is 14.9 Å². The first kappa shape index (κ1) is 23.9. The third-order valence-electron chi connectivity index (χ3n) is 7.35. The van der Waals surface area contributed by atoms with Gasteiger partial charge in [0.1, 0.15) is 0 Å².